The van der Waals surface area contributed by atoms with Gasteiger partial charge in [-0.3, -0.25) is 9.69 Å². The van der Waals surface area contributed by atoms with Gasteiger partial charge in [-0.05, 0) is 88.0 Å². The van der Waals surface area contributed by atoms with E-state index in [0.29, 0.717) is 12.3 Å². The van der Waals surface area contributed by atoms with Gasteiger partial charge in [0.2, 0.25) is 5.91 Å². The van der Waals surface area contributed by atoms with Crippen LogP contribution in [0.3, 0.4) is 0 Å². The molecule has 5 nitrogen and oxygen atoms in total. The molecule has 0 spiro atoms. The number of amides is 1. The lowest BCUT2D eigenvalue weighted by atomic mass is 9.87. The Morgan fingerprint density at radius 3 is 2.52 bits per heavy atom. The molecular formula is C24H30N4O. The maximum absolute atomic E-state index is 12.4. The van der Waals surface area contributed by atoms with Gasteiger partial charge in [-0.1, -0.05) is 12.1 Å². The largest absolute Gasteiger partial charge is 0.326 e. The van der Waals surface area contributed by atoms with Gasteiger partial charge in [-0.2, -0.15) is 0 Å². The molecule has 0 saturated carbocycles. The average Bonchev–Trinajstić information content (AvgIpc) is 3.16. The predicted octanol–water partition coefficient (Wildman–Crippen LogP) is 4.49. The molecule has 0 radical (unpaired) electrons. The van der Waals surface area contributed by atoms with Crippen molar-refractivity contribution < 1.29 is 4.79 Å². The summed E-state index contributed by atoms with van der Waals surface area (Å²) < 4.78 is 1.94. The molecule has 152 valence electrons. The third-order valence-corrected chi connectivity index (χ3v) is 5.94. The third kappa shape index (κ3) is 4.67. The molecule has 4 rings (SSSR count). The number of likely N-dealkylation sites (tertiary alicyclic amines) is 1. The molecule has 3 aromatic rings. The Morgan fingerprint density at radius 1 is 1.10 bits per heavy atom. The normalized spacial score (nSPS) is 16.2. The molecule has 1 fully saturated rings. The number of piperidine rings is 1. The summed E-state index contributed by atoms with van der Waals surface area (Å²) in [5, 5.41) is 3.02. The molecule has 0 atom stereocenters. The average molecular weight is 391 g/mol. The first kappa shape index (κ1) is 19.6. The number of rotatable bonds is 4. The number of pyridine rings is 1. The Labute approximate surface area is 172 Å². The van der Waals surface area contributed by atoms with Crippen LogP contribution >= 0.6 is 0 Å². The number of nitrogens with one attached hydrogen (secondary N) is 1. The topological polar surface area (TPSA) is 49.6 Å². The zero-order valence-electron chi connectivity index (χ0n) is 17.6. The van der Waals surface area contributed by atoms with Crippen molar-refractivity contribution in [3.8, 4) is 0 Å². The van der Waals surface area contributed by atoms with Gasteiger partial charge in [-0.25, -0.2) is 4.98 Å². The third-order valence-electron chi connectivity index (χ3n) is 5.94. The van der Waals surface area contributed by atoms with E-state index in [9.17, 15) is 4.79 Å². The van der Waals surface area contributed by atoms with E-state index in [-0.39, 0.29) is 11.4 Å². The molecule has 1 aliphatic rings. The number of imidazole rings is 1. The summed E-state index contributed by atoms with van der Waals surface area (Å²) in [6, 6.07) is 12.3. The molecule has 5 heteroatoms. The second-order valence-corrected chi connectivity index (χ2v) is 9.01. The molecule has 1 saturated heterocycles. The molecule has 0 bridgehead atoms. The van der Waals surface area contributed by atoms with Gasteiger partial charge in [0.25, 0.3) is 0 Å². The highest BCUT2D eigenvalue weighted by atomic mass is 16.1. The lowest BCUT2D eigenvalue weighted by molar-refractivity contribution is -0.115. The van der Waals surface area contributed by atoms with Gasteiger partial charge in [0.05, 0.1) is 6.42 Å². The SMILES string of the molecule is CC(C)(C)N1CCC(c2ccc(NC(=O)Cc3ccn4ccnc4c3)cc2)CC1. The van der Waals surface area contributed by atoms with Crippen molar-refractivity contribution in [2.24, 2.45) is 0 Å². The maximum atomic E-state index is 12.4. The van der Waals surface area contributed by atoms with E-state index >= 15 is 0 Å². The lowest BCUT2D eigenvalue weighted by Crippen LogP contribution is -2.45. The summed E-state index contributed by atoms with van der Waals surface area (Å²) in [6.07, 6.45) is 8.32. The summed E-state index contributed by atoms with van der Waals surface area (Å²) in [5.41, 5.74) is 4.30. The van der Waals surface area contributed by atoms with Crippen molar-refractivity contribution in [1.82, 2.24) is 14.3 Å². The highest BCUT2D eigenvalue weighted by molar-refractivity contribution is 5.92. The molecule has 1 aliphatic heterocycles. The molecule has 0 aliphatic carbocycles. The number of carbonyl (C=O) groups is 1. The molecule has 1 amide bonds. The van der Waals surface area contributed by atoms with E-state index < -0.39 is 0 Å². The Hall–Kier alpha value is -2.66. The fourth-order valence-corrected chi connectivity index (χ4v) is 4.18. The van der Waals surface area contributed by atoms with E-state index in [4.69, 9.17) is 0 Å². The van der Waals surface area contributed by atoms with Crippen LogP contribution in [0, 0.1) is 0 Å². The standard InChI is InChI=1S/C24H30N4O/c1-24(2,3)28-13-9-20(10-14-28)19-4-6-21(7-5-19)26-23(29)17-18-8-12-27-15-11-25-22(27)16-18/h4-8,11-12,15-16,20H,9-10,13-14,17H2,1-3H3,(H,26,29). The molecule has 0 unspecified atom stereocenters. The Bertz CT molecular complexity index is 976. The second kappa shape index (κ2) is 7.99. The van der Waals surface area contributed by atoms with Gasteiger partial charge in [-0.15, -0.1) is 0 Å². The van der Waals surface area contributed by atoms with Crippen molar-refractivity contribution in [3.63, 3.8) is 0 Å². The van der Waals surface area contributed by atoms with E-state index in [1.807, 2.05) is 41.1 Å². The molecular weight excluding hydrogens is 360 g/mol. The molecule has 1 N–H and O–H groups in total. The lowest BCUT2D eigenvalue weighted by Gasteiger charge is -2.41. The van der Waals surface area contributed by atoms with Crippen LogP contribution in [0.5, 0.6) is 0 Å². The number of nitrogens with zero attached hydrogens (tertiary/aromatic N) is 3. The zero-order valence-corrected chi connectivity index (χ0v) is 17.6. The summed E-state index contributed by atoms with van der Waals surface area (Å²) in [7, 11) is 0. The van der Waals surface area contributed by atoms with Crippen LogP contribution in [0.2, 0.25) is 0 Å². The number of benzene rings is 1. The highest BCUT2D eigenvalue weighted by Gasteiger charge is 2.27. The van der Waals surface area contributed by atoms with E-state index in [0.717, 1.165) is 30.0 Å². The van der Waals surface area contributed by atoms with E-state index in [2.05, 4.69) is 48.1 Å². The van der Waals surface area contributed by atoms with Crippen LogP contribution < -0.4 is 5.32 Å². The van der Waals surface area contributed by atoms with Gasteiger partial charge >= 0.3 is 0 Å². The minimum Gasteiger partial charge on any atom is -0.326 e. The predicted molar refractivity (Wildman–Crippen MR) is 117 cm³/mol. The van der Waals surface area contributed by atoms with Crippen LogP contribution in [0.1, 0.15) is 50.7 Å². The zero-order chi connectivity index (χ0) is 20.4. The molecule has 29 heavy (non-hydrogen) atoms. The monoisotopic (exact) mass is 390 g/mol. The van der Waals surface area contributed by atoms with Crippen LogP contribution in [0.25, 0.3) is 5.65 Å². The van der Waals surface area contributed by atoms with Crippen LogP contribution in [0.4, 0.5) is 5.69 Å². The van der Waals surface area contributed by atoms with Crippen molar-refractivity contribution >= 4 is 17.2 Å². The van der Waals surface area contributed by atoms with Crippen LogP contribution in [0.15, 0.2) is 55.0 Å². The van der Waals surface area contributed by atoms with E-state index in [1.165, 1.54) is 18.4 Å². The van der Waals surface area contributed by atoms with Gasteiger partial charge in [0, 0.05) is 29.8 Å². The van der Waals surface area contributed by atoms with Gasteiger partial charge in [0.1, 0.15) is 5.65 Å². The van der Waals surface area contributed by atoms with Crippen LogP contribution in [-0.4, -0.2) is 38.8 Å². The quantitative estimate of drug-likeness (QED) is 0.714. The van der Waals surface area contributed by atoms with Crippen LogP contribution in [-0.2, 0) is 11.2 Å². The number of anilines is 1. The summed E-state index contributed by atoms with van der Waals surface area (Å²) in [6.45, 7) is 9.16. The smallest absolute Gasteiger partial charge is 0.228 e. The molecule has 3 heterocycles. The number of hydrogen-bond donors (Lipinski definition) is 1. The highest BCUT2D eigenvalue weighted by Crippen LogP contribution is 2.31. The van der Waals surface area contributed by atoms with Crippen molar-refractivity contribution in [2.45, 2.75) is 51.5 Å². The Morgan fingerprint density at radius 2 is 1.83 bits per heavy atom. The van der Waals surface area contributed by atoms with Crippen molar-refractivity contribution in [3.05, 3.63) is 66.1 Å². The van der Waals surface area contributed by atoms with Gasteiger partial charge in [0.15, 0.2) is 0 Å². The Balaban J connectivity index is 1.32. The Kier molecular flexibility index (Phi) is 5.41. The summed E-state index contributed by atoms with van der Waals surface area (Å²) in [5.74, 6) is 0.603. The van der Waals surface area contributed by atoms with E-state index in [1.54, 1.807) is 6.20 Å². The summed E-state index contributed by atoms with van der Waals surface area (Å²) >= 11 is 0. The first-order chi connectivity index (χ1) is 13.9. The first-order valence-electron chi connectivity index (χ1n) is 10.4. The summed E-state index contributed by atoms with van der Waals surface area (Å²) in [4.78, 5) is 19.3. The minimum absolute atomic E-state index is 0.00728. The van der Waals surface area contributed by atoms with Crippen molar-refractivity contribution in [2.75, 3.05) is 18.4 Å². The maximum Gasteiger partial charge on any atom is 0.228 e. The van der Waals surface area contributed by atoms with Gasteiger partial charge < -0.3 is 9.72 Å². The minimum atomic E-state index is -0.00728. The number of hydrogen-bond acceptors (Lipinski definition) is 3. The molecule has 1 aromatic carbocycles. The van der Waals surface area contributed by atoms with Crippen molar-refractivity contribution in [1.29, 1.82) is 0 Å². The second-order valence-electron chi connectivity index (χ2n) is 9.01. The number of fused-ring (bicyclic) bond motifs is 1. The molecule has 2 aromatic heterocycles. The fourth-order valence-electron chi connectivity index (χ4n) is 4.18. The number of carbonyl (C=O) groups excluding carboxylic acids is 1. The first-order valence-corrected chi connectivity index (χ1v) is 10.4. The number of aromatic nitrogens is 2. The fraction of sp³-hybridized carbons (Fsp3) is 0.417.